The molecule has 0 aromatic heterocycles. The fraction of sp³-hybridized carbons (Fsp3) is 0.633. The summed E-state index contributed by atoms with van der Waals surface area (Å²) in [7, 11) is 3.15. The van der Waals surface area contributed by atoms with Crippen molar-refractivity contribution in [1.82, 2.24) is 31.1 Å². The molecule has 3 unspecified atom stereocenters. The summed E-state index contributed by atoms with van der Waals surface area (Å²) in [4.78, 5) is 85.3. The van der Waals surface area contributed by atoms with Crippen molar-refractivity contribution in [3.63, 3.8) is 0 Å². The van der Waals surface area contributed by atoms with Crippen molar-refractivity contribution in [3.8, 4) is 0 Å². The Hall–Kier alpha value is -4.94. The van der Waals surface area contributed by atoms with Crippen LogP contribution >= 0.6 is 0 Å². The third-order valence-electron chi connectivity index (χ3n) is 14.5. The molecule has 360 valence electrons. The van der Waals surface area contributed by atoms with Crippen LogP contribution in [-0.2, 0) is 60.6 Å². The predicted molar refractivity (Wildman–Crippen MR) is 243 cm³/mol. The fourth-order valence-corrected chi connectivity index (χ4v) is 10.8. The molecule has 4 amide bonds. The lowest BCUT2D eigenvalue weighted by atomic mass is 9.95. The molecule has 17 nitrogen and oxygen atoms in total. The predicted octanol–water partition coefficient (Wildman–Crippen LogP) is 1.46. The van der Waals surface area contributed by atoms with E-state index in [1.165, 1.54) is 18.2 Å². The highest BCUT2D eigenvalue weighted by Gasteiger charge is 2.53. The second-order valence-electron chi connectivity index (χ2n) is 18.8. The maximum absolute atomic E-state index is 14.6. The number of likely N-dealkylation sites (N-methyl/N-ethyl adjacent to an activating group) is 2. The highest BCUT2D eigenvalue weighted by molar-refractivity contribution is 5.91. The Balaban J connectivity index is 1.12. The van der Waals surface area contributed by atoms with E-state index in [1.54, 1.807) is 18.9 Å². The Kier molecular flexibility index (Phi) is 17.2. The average molecular weight is 916 g/mol. The lowest BCUT2D eigenvalue weighted by Crippen LogP contribution is -2.58. The summed E-state index contributed by atoms with van der Waals surface area (Å²) in [5.74, 6) is -2.68. The first-order valence-electron chi connectivity index (χ1n) is 23.9. The molecule has 0 radical (unpaired) electrons. The second kappa shape index (κ2) is 23.2. The van der Waals surface area contributed by atoms with E-state index in [2.05, 4.69) is 45.5 Å². The zero-order valence-electron chi connectivity index (χ0n) is 38.6. The summed E-state index contributed by atoms with van der Waals surface area (Å²) in [6, 6.07) is 17.3. The molecule has 3 heterocycles. The van der Waals surface area contributed by atoms with Crippen LogP contribution in [0, 0.1) is 23.7 Å². The maximum atomic E-state index is 14.6. The van der Waals surface area contributed by atoms with Gasteiger partial charge in [-0.2, -0.15) is 0 Å². The van der Waals surface area contributed by atoms with Crippen LogP contribution in [-0.4, -0.2) is 148 Å². The van der Waals surface area contributed by atoms with Gasteiger partial charge in [-0.05, 0) is 95.3 Å². The van der Waals surface area contributed by atoms with Gasteiger partial charge in [0, 0.05) is 37.0 Å². The van der Waals surface area contributed by atoms with E-state index in [0.717, 1.165) is 51.4 Å². The number of carbonyl (C=O) groups is 6. The lowest BCUT2D eigenvalue weighted by molar-refractivity contribution is -0.154. The maximum Gasteiger partial charge on any atom is 0.306 e. The molecule has 3 aliphatic heterocycles. The van der Waals surface area contributed by atoms with Crippen molar-refractivity contribution >= 4 is 35.6 Å². The highest BCUT2D eigenvalue weighted by atomic mass is 16.5. The molecule has 17 heteroatoms. The molecular weight excluding hydrogens is 847 g/mol. The van der Waals surface area contributed by atoms with E-state index >= 15 is 0 Å². The third-order valence-corrected chi connectivity index (χ3v) is 14.5. The standard InChI is InChI=1S/C49H69N7O10/c1-30(51-2)46(59)53-37-28-65-43(57)18-19-44(58)66-29-38(54-47(60)45(50)52-3)49(62)56-27-42(36-23-34(25-40(36)56)17-15-32-12-8-5-9-13-32)64-21-20-63-41-26-55(48(37)61)39-24-33(22-35(39)41)16-14-31-10-6-4-7-11-31/h4-13,30,33-42,45,51-52H,14-29,50H2,1-3H3,(H,53,59)(H,54,60)/t30-,33?,34?,35-,36-,37?,38-,39+,40+,41+,42+,45+/m0/s1. The van der Waals surface area contributed by atoms with Crippen molar-refractivity contribution in [2.45, 2.75) is 120 Å². The molecule has 66 heavy (non-hydrogen) atoms. The minimum atomic E-state index is -1.26. The van der Waals surface area contributed by atoms with Crippen LogP contribution in [0.2, 0.25) is 0 Å². The number of nitrogens with two attached hydrogens (primary N) is 1. The van der Waals surface area contributed by atoms with E-state index in [9.17, 15) is 28.8 Å². The molecule has 5 fully saturated rings. The molecule has 4 bridgehead atoms. The first-order valence-corrected chi connectivity index (χ1v) is 23.9. The molecule has 6 N–H and O–H groups in total. The number of nitrogens with zero attached hydrogens (tertiary/aromatic N) is 2. The minimum absolute atomic E-state index is 0.0303. The molecular formula is C49H69N7O10. The zero-order chi connectivity index (χ0) is 46.7. The van der Waals surface area contributed by atoms with Gasteiger partial charge in [-0.25, -0.2) is 0 Å². The summed E-state index contributed by atoms with van der Waals surface area (Å²) < 4.78 is 24.4. The number of ether oxygens (including phenoxy) is 4. The van der Waals surface area contributed by atoms with Crippen molar-refractivity contribution in [2.75, 3.05) is 53.6 Å². The summed E-state index contributed by atoms with van der Waals surface area (Å²) in [5, 5.41) is 11.0. The molecule has 2 aliphatic carbocycles. The number of nitrogens with one attached hydrogen (secondary N) is 4. The van der Waals surface area contributed by atoms with Gasteiger partial charge in [0.2, 0.25) is 17.7 Å². The van der Waals surface area contributed by atoms with Gasteiger partial charge in [0.1, 0.15) is 31.5 Å². The number of hydrogen-bond acceptors (Lipinski definition) is 13. The lowest BCUT2D eigenvalue weighted by Gasteiger charge is -2.30. The summed E-state index contributed by atoms with van der Waals surface area (Å²) in [6.45, 7) is 1.84. The third kappa shape index (κ3) is 12.3. The van der Waals surface area contributed by atoms with Gasteiger partial charge < -0.3 is 50.4 Å². The van der Waals surface area contributed by atoms with Gasteiger partial charge in [-0.15, -0.1) is 0 Å². The number of rotatable bonds is 12. The van der Waals surface area contributed by atoms with Gasteiger partial charge in [-0.1, -0.05) is 60.7 Å². The van der Waals surface area contributed by atoms with Crippen LogP contribution < -0.4 is 27.0 Å². The Morgan fingerprint density at radius 2 is 1.09 bits per heavy atom. The Bertz CT molecular complexity index is 1840. The molecule has 3 saturated heterocycles. The number of benzene rings is 2. The van der Waals surface area contributed by atoms with Crippen LogP contribution in [0.5, 0.6) is 0 Å². The number of amides is 4. The quantitative estimate of drug-likeness (QED) is 0.151. The number of carbonyl (C=O) groups excluding carboxylic acids is 6. The molecule has 12 atom stereocenters. The Morgan fingerprint density at radius 1 is 0.652 bits per heavy atom. The molecule has 7 rings (SSSR count). The van der Waals surface area contributed by atoms with Crippen molar-refractivity contribution < 1.29 is 47.7 Å². The number of hydrogen-bond donors (Lipinski definition) is 5. The van der Waals surface area contributed by atoms with E-state index in [1.807, 2.05) is 41.3 Å². The highest BCUT2D eigenvalue weighted by Crippen LogP contribution is 2.46. The normalized spacial score (nSPS) is 30.8. The van der Waals surface area contributed by atoms with Gasteiger partial charge in [0.05, 0.1) is 44.3 Å². The summed E-state index contributed by atoms with van der Waals surface area (Å²) >= 11 is 0. The monoisotopic (exact) mass is 916 g/mol. The molecule has 2 aromatic carbocycles. The van der Waals surface area contributed by atoms with Gasteiger partial charge in [-0.3, -0.25) is 34.1 Å². The van der Waals surface area contributed by atoms with Gasteiger partial charge in [0.15, 0.2) is 0 Å². The Labute approximate surface area is 387 Å². The topological polar surface area (TPSA) is 220 Å². The molecule has 2 aromatic rings. The number of aryl methyl sites for hydroxylation is 2. The average Bonchev–Trinajstić information content (AvgIpc) is 4.11. The zero-order valence-corrected chi connectivity index (χ0v) is 38.6. The van der Waals surface area contributed by atoms with E-state index in [0.29, 0.717) is 18.4 Å². The van der Waals surface area contributed by atoms with Crippen LogP contribution in [0.4, 0.5) is 0 Å². The molecule has 0 spiro atoms. The van der Waals surface area contributed by atoms with E-state index < -0.39 is 73.6 Å². The van der Waals surface area contributed by atoms with Crippen molar-refractivity contribution in [2.24, 2.45) is 29.4 Å². The fourth-order valence-electron chi connectivity index (χ4n) is 10.8. The Morgan fingerprint density at radius 3 is 1.52 bits per heavy atom. The van der Waals surface area contributed by atoms with Gasteiger partial charge in [0.25, 0.3) is 5.91 Å². The van der Waals surface area contributed by atoms with E-state index in [4.69, 9.17) is 24.7 Å². The SMILES string of the molecule is CN[C@@H](C)C(=O)NC1COC(=O)CCC(=O)OC[C@H](NC(=O)[C@H](N)NC)C(=O)N2C[C@@H](OCCO[C@@H]3CN(C1=O)[C@@H]1CC(CCc4ccccc4)C[C@@H]13)[C@H]1CC(CCc3ccccc3)C[C@H]12. The van der Waals surface area contributed by atoms with Crippen molar-refractivity contribution in [1.29, 1.82) is 0 Å². The number of esters is 2. The van der Waals surface area contributed by atoms with Crippen LogP contribution in [0.3, 0.4) is 0 Å². The molecule has 5 aliphatic rings. The van der Waals surface area contributed by atoms with Crippen LogP contribution in [0.25, 0.3) is 0 Å². The van der Waals surface area contributed by atoms with Crippen molar-refractivity contribution in [3.05, 3.63) is 71.8 Å². The largest absolute Gasteiger partial charge is 0.463 e. The second-order valence-corrected chi connectivity index (χ2v) is 18.8. The van der Waals surface area contributed by atoms with Crippen LogP contribution in [0.1, 0.15) is 69.4 Å². The molecule has 2 saturated carbocycles. The smallest absolute Gasteiger partial charge is 0.306 e. The first kappa shape index (κ1) is 49.0. The first-order chi connectivity index (χ1) is 31.9. The summed E-state index contributed by atoms with van der Waals surface area (Å²) in [5.41, 5.74) is 8.47. The minimum Gasteiger partial charge on any atom is -0.463 e. The van der Waals surface area contributed by atoms with Gasteiger partial charge >= 0.3 is 11.9 Å². The number of fused-ring (bicyclic) bond motifs is 10. The van der Waals surface area contributed by atoms with E-state index in [-0.39, 0.29) is 68.2 Å². The summed E-state index contributed by atoms with van der Waals surface area (Å²) in [6.07, 6.45) is 4.48. The number of cyclic esters (lactones) is 2. The van der Waals surface area contributed by atoms with Crippen LogP contribution in [0.15, 0.2) is 60.7 Å².